The summed E-state index contributed by atoms with van der Waals surface area (Å²) in [5, 5.41) is 18.1. The average molecular weight is 246 g/mol. The van der Waals surface area contributed by atoms with Crippen LogP contribution in [0.2, 0.25) is 0 Å². The topological polar surface area (TPSA) is 53.7 Å². The molecule has 1 N–H and O–H groups in total. The van der Waals surface area contributed by atoms with Gasteiger partial charge in [-0.2, -0.15) is 0 Å². The highest BCUT2D eigenvalue weighted by atomic mass is 16.3. The first kappa shape index (κ1) is 11.5. The van der Waals surface area contributed by atoms with Crippen LogP contribution in [0.15, 0.2) is 18.3 Å². The van der Waals surface area contributed by atoms with E-state index >= 15 is 0 Å². The van der Waals surface area contributed by atoms with E-state index in [1.54, 1.807) is 18.3 Å². The third-order valence-electron chi connectivity index (χ3n) is 3.73. The Morgan fingerprint density at radius 2 is 2.28 bits per heavy atom. The van der Waals surface area contributed by atoms with Crippen LogP contribution >= 0.6 is 0 Å². The minimum atomic E-state index is 0.256. The van der Waals surface area contributed by atoms with Crippen LogP contribution in [0.25, 0.3) is 5.65 Å². The monoisotopic (exact) mass is 246 g/mol. The number of likely N-dealkylation sites (N-methyl/N-ethyl adjacent to an activating group) is 1. The average Bonchev–Trinajstić information content (AvgIpc) is 2.81. The lowest BCUT2D eigenvalue weighted by Gasteiger charge is -2.30. The van der Waals surface area contributed by atoms with E-state index in [4.69, 9.17) is 0 Å². The highest BCUT2D eigenvalue weighted by molar-refractivity contribution is 5.41. The van der Waals surface area contributed by atoms with Crippen LogP contribution < -0.4 is 0 Å². The van der Waals surface area contributed by atoms with Crippen molar-refractivity contribution >= 4 is 5.65 Å². The van der Waals surface area contributed by atoms with Gasteiger partial charge >= 0.3 is 0 Å². The lowest BCUT2D eigenvalue weighted by atomic mass is 9.97. The quantitative estimate of drug-likeness (QED) is 0.875. The molecule has 1 atom stereocenters. The molecule has 0 aliphatic carbocycles. The fourth-order valence-electron chi connectivity index (χ4n) is 2.73. The van der Waals surface area contributed by atoms with Crippen LogP contribution in [0.1, 0.15) is 31.5 Å². The van der Waals surface area contributed by atoms with Crippen molar-refractivity contribution in [2.24, 2.45) is 0 Å². The Kier molecular flexibility index (Phi) is 2.91. The molecule has 0 bridgehead atoms. The van der Waals surface area contributed by atoms with Gasteiger partial charge in [0.15, 0.2) is 5.65 Å². The van der Waals surface area contributed by atoms with Crippen LogP contribution in [0.4, 0.5) is 0 Å². The molecule has 3 heterocycles. The number of nitrogens with zero attached hydrogens (tertiary/aromatic N) is 4. The summed E-state index contributed by atoms with van der Waals surface area (Å²) in [6.45, 7) is 5.48. The second-order valence-electron chi connectivity index (χ2n) is 4.91. The van der Waals surface area contributed by atoms with Gasteiger partial charge in [0.2, 0.25) is 0 Å². The molecular formula is C13H18N4O. The van der Waals surface area contributed by atoms with Crippen LogP contribution in [-0.4, -0.2) is 44.2 Å². The van der Waals surface area contributed by atoms with Crippen molar-refractivity contribution in [1.82, 2.24) is 19.5 Å². The Hall–Kier alpha value is -1.62. The first-order valence-corrected chi connectivity index (χ1v) is 6.54. The molecule has 3 rings (SSSR count). The SMILES string of the molecule is CCN1CCCC(c2nnc3ccc(O)cn23)C1. The number of pyridine rings is 1. The van der Waals surface area contributed by atoms with Gasteiger partial charge in [0.1, 0.15) is 11.6 Å². The molecule has 0 aromatic carbocycles. The van der Waals surface area contributed by atoms with E-state index in [1.165, 1.54) is 13.0 Å². The van der Waals surface area contributed by atoms with Crippen LogP contribution in [0.5, 0.6) is 5.75 Å². The number of hydrogen-bond acceptors (Lipinski definition) is 4. The van der Waals surface area contributed by atoms with Gasteiger partial charge in [-0.05, 0) is 38.1 Å². The maximum Gasteiger partial charge on any atom is 0.161 e. The van der Waals surface area contributed by atoms with Gasteiger partial charge in [-0.15, -0.1) is 10.2 Å². The lowest BCUT2D eigenvalue weighted by Crippen LogP contribution is -2.34. The van der Waals surface area contributed by atoms with Gasteiger partial charge in [0.25, 0.3) is 0 Å². The van der Waals surface area contributed by atoms with Gasteiger partial charge in [-0.1, -0.05) is 6.92 Å². The molecule has 2 aromatic heterocycles. The van der Waals surface area contributed by atoms with Crippen molar-refractivity contribution in [2.45, 2.75) is 25.7 Å². The van der Waals surface area contributed by atoms with Crippen molar-refractivity contribution in [3.05, 3.63) is 24.2 Å². The Bertz CT molecular complexity index is 551. The fourth-order valence-corrected chi connectivity index (χ4v) is 2.73. The summed E-state index contributed by atoms with van der Waals surface area (Å²) in [6.07, 6.45) is 4.05. The van der Waals surface area contributed by atoms with E-state index in [0.29, 0.717) is 5.92 Å². The molecule has 18 heavy (non-hydrogen) atoms. The molecule has 0 radical (unpaired) electrons. The number of likely N-dealkylation sites (tertiary alicyclic amines) is 1. The second kappa shape index (κ2) is 4.57. The number of rotatable bonds is 2. The zero-order valence-electron chi connectivity index (χ0n) is 10.6. The van der Waals surface area contributed by atoms with Crippen LogP contribution in [0.3, 0.4) is 0 Å². The standard InChI is InChI=1S/C13H18N4O/c1-2-16-7-3-4-10(8-16)13-15-14-12-6-5-11(18)9-17(12)13/h5-6,9-10,18H,2-4,7-8H2,1H3. The number of hydrogen-bond donors (Lipinski definition) is 1. The Balaban J connectivity index is 1.96. The summed E-state index contributed by atoms with van der Waals surface area (Å²) < 4.78 is 1.92. The van der Waals surface area contributed by atoms with Crippen molar-refractivity contribution in [1.29, 1.82) is 0 Å². The summed E-state index contributed by atoms with van der Waals surface area (Å²) in [4.78, 5) is 2.44. The Morgan fingerprint density at radius 1 is 1.39 bits per heavy atom. The molecule has 1 fully saturated rings. The summed E-state index contributed by atoms with van der Waals surface area (Å²) >= 11 is 0. The largest absolute Gasteiger partial charge is 0.506 e. The van der Waals surface area contributed by atoms with Crippen molar-refractivity contribution in [3.63, 3.8) is 0 Å². The predicted octanol–water partition coefficient (Wildman–Crippen LogP) is 1.63. The summed E-state index contributed by atoms with van der Waals surface area (Å²) in [6, 6.07) is 3.44. The zero-order valence-corrected chi connectivity index (χ0v) is 10.6. The second-order valence-corrected chi connectivity index (χ2v) is 4.91. The third-order valence-corrected chi connectivity index (χ3v) is 3.73. The molecule has 0 amide bonds. The summed E-state index contributed by atoms with van der Waals surface area (Å²) in [5.74, 6) is 1.64. The molecule has 1 aliphatic rings. The highest BCUT2D eigenvalue weighted by Gasteiger charge is 2.24. The van der Waals surface area contributed by atoms with E-state index in [-0.39, 0.29) is 5.75 Å². The minimum Gasteiger partial charge on any atom is -0.506 e. The van der Waals surface area contributed by atoms with E-state index in [2.05, 4.69) is 22.0 Å². The predicted molar refractivity (Wildman–Crippen MR) is 68.7 cm³/mol. The van der Waals surface area contributed by atoms with Crippen molar-refractivity contribution in [2.75, 3.05) is 19.6 Å². The third kappa shape index (κ3) is 1.95. The lowest BCUT2D eigenvalue weighted by molar-refractivity contribution is 0.213. The highest BCUT2D eigenvalue weighted by Crippen LogP contribution is 2.26. The maximum atomic E-state index is 9.58. The van der Waals surface area contributed by atoms with Gasteiger partial charge < -0.3 is 10.0 Å². The van der Waals surface area contributed by atoms with Gasteiger partial charge in [0, 0.05) is 12.5 Å². The molecule has 0 saturated carbocycles. The van der Waals surface area contributed by atoms with E-state index < -0.39 is 0 Å². The van der Waals surface area contributed by atoms with Gasteiger partial charge in [0.05, 0.1) is 6.20 Å². The van der Waals surface area contributed by atoms with Crippen LogP contribution in [0, 0.1) is 0 Å². The van der Waals surface area contributed by atoms with Crippen LogP contribution in [-0.2, 0) is 0 Å². The summed E-state index contributed by atoms with van der Waals surface area (Å²) in [5.41, 5.74) is 0.802. The molecule has 1 unspecified atom stereocenters. The molecule has 5 nitrogen and oxygen atoms in total. The Morgan fingerprint density at radius 3 is 3.11 bits per heavy atom. The molecular weight excluding hydrogens is 228 g/mol. The number of aromatic nitrogens is 3. The van der Waals surface area contributed by atoms with E-state index in [9.17, 15) is 5.11 Å². The number of piperidine rings is 1. The first-order valence-electron chi connectivity index (χ1n) is 6.54. The minimum absolute atomic E-state index is 0.256. The van der Waals surface area contributed by atoms with Crippen molar-refractivity contribution < 1.29 is 5.11 Å². The normalized spacial score (nSPS) is 21.5. The maximum absolute atomic E-state index is 9.58. The zero-order chi connectivity index (χ0) is 12.5. The molecule has 5 heteroatoms. The molecule has 0 spiro atoms. The van der Waals surface area contributed by atoms with Gasteiger partial charge in [-0.3, -0.25) is 4.40 Å². The number of aromatic hydroxyl groups is 1. The molecule has 1 aliphatic heterocycles. The molecule has 1 saturated heterocycles. The van der Waals surface area contributed by atoms with Gasteiger partial charge in [-0.25, -0.2) is 0 Å². The Labute approximate surface area is 106 Å². The van der Waals surface area contributed by atoms with E-state index in [0.717, 1.165) is 31.0 Å². The molecule has 2 aromatic rings. The van der Waals surface area contributed by atoms with Crippen molar-refractivity contribution in [3.8, 4) is 5.75 Å². The number of fused-ring (bicyclic) bond motifs is 1. The molecule has 96 valence electrons. The van der Waals surface area contributed by atoms with E-state index in [1.807, 2.05) is 4.40 Å². The first-order chi connectivity index (χ1) is 8.78. The smallest absolute Gasteiger partial charge is 0.161 e. The summed E-state index contributed by atoms with van der Waals surface area (Å²) in [7, 11) is 0. The fraction of sp³-hybridized carbons (Fsp3) is 0.538.